The first-order valence-electron chi connectivity index (χ1n) is 5.44. The molecule has 0 atom stereocenters. The summed E-state index contributed by atoms with van der Waals surface area (Å²) >= 11 is 5.83. The number of halogens is 2. The second-order valence-electron chi connectivity index (χ2n) is 4.04. The minimum atomic E-state index is -0.664. The number of nitrogens with zero attached hydrogens (tertiary/aromatic N) is 1. The van der Waals surface area contributed by atoms with E-state index in [9.17, 15) is 14.5 Å². The lowest BCUT2D eigenvalue weighted by Gasteiger charge is -2.10. The van der Waals surface area contributed by atoms with Crippen molar-refractivity contribution in [3.63, 3.8) is 0 Å². The van der Waals surface area contributed by atoms with Crippen LogP contribution in [0.25, 0.3) is 0 Å². The number of hydrogen-bond acceptors (Lipinski definition) is 3. The SMILES string of the molecule is Cc1cc(Cl)ccc1Nc1cc(F)cc([N+](=O)[O-])c1. The lowest BCUT2D eigenvalue weighted by atomic mass is 10.2. The number of rotatable bonds is 3. The molecule has 2 rings (SSSR count). The maximum absolute atomic E-state index is 13.3. The molecular weight excluding hydrogens is 271 g/mol. The second kappa shape index (κ2) is 5.24. The van der Waals surface area contributed by atoms with E-state index in [4.69, 9.17) is 11.6 Å². The van der Waals surface area contributed by atoms with Crippen LogP contribution >= 0.6 is 11.6 Å². The van der Waals surface area contributed by atoms with Gasteiger partial charge in [-0.3, -0.25) is 10.1 Å². The van der Waals surface area contributed by atoms with Gasteiger partial charge in [0.2, 0.25) is 0 Å². The summed E-state index contributed by atoms with van der Waals surface area (Å²) in [5.74, 6) is -0.664. The maximum Gasteiger partial charge on any atom is 0.274 e. The predicted octanol–water partition coefficient (Wildman–Crippen LogP) is 4.44. The lowest BCUT2D eigenvalue weighted by Crippen LogP contribution is -1.96. The van der Waals surface area contributed by atoms with Gasteiger partial charge >= 0.3 is 0 Å². The van der Waals surface area contributed by atoms with Gasteiger partial charge in [0.05, 0.1) is 11.0 Å². The Morgan fingerprint density at radius 3 is 2.63 bits per heavy atom. The first-order chi connectivity index (χ1) is 8.95. The molecule has 0 aliphatic rings. The highest BCUT2D eigenvalue weighted by Crippen LogP contribution is 2.26. The van der Waals surface area contributed by atoms with Crippen LogP contribution in [0.3, 0.4) is 0 Å². The number of nitro groups is 1. The van der Waals surface area contributed by atoms with Crippen LogP contribution < -0.4 is 5.32 Å². The monoisotopic (exact) mass is 280 g/mol. The lowest BCUT2D eigenvalue weighted by molar-refractivity contribution is -0.385. The predicted molar refractivity (Wildman–Crippen MR) is 72.5 cm³/mol. The van der Waals surface area contributed by atoms with Crippen LogP contribution in [0.5, 0.6) is 0 Å². The fourth-order valence-corrected chi connectivity index (χ4v) is 1.90. The molecule has 0 bridgehead atoms. The number of anilines is 2. The van der Waals surface area contributed by atoms with E-state index in [1.54, 1.807) is 18.2 Å². The molecule has 0 saturated carbocycles. The Morgan fingerprint density at radius 1 is 1.26 bits per heavy atom. The average molecular weight is 281 g/mol. The molecule has 0 aromatic heterocycles. The topological polar surface area (TPSA) is 55.2 Å². The highest BCUT2D eigenvalue weighted by Gasteiger charge is 2.10. The number of benzene rings is 2. The van der Waals surface area contributed by atoms with Crippen LogP contribution in [0.4, 0.5) is 21.5 Å². The number of aryl methyl sites for hydroxylation is 1. The fraction of sp³-hybridized carbons (Fsp3) is 0.0769. The standard InChI is InChI=1S/C13H10ClFN2O2/c1-8-4-9(14)2-3-13(8)16-11-5-10(15)6-12(7-11)17(18)19/h2-7,16H,1H3. The van der Waals surface area contributed by atoms with Crippen molar-refractivity contribution < 1.29 is 9.31 Å². The van der Waals surface area contributed by atoms with Crippen molar-refractivity contribution >= 4 is 28.7 Å². The molecule has 0 fully saturated rings. The molecule has 0 heterocycles. The van der Waals surface area contributed by atoms with Crippen molar-refractivity contribution in [1.82, 2.24) is 0 Å². The molecule has 4 nitrogen and oxygen atoms in total. The zero-order valence-electron chi connectivity index (χ0n) is 9.98. The molecule has 0 aliphatic carbocycles. The Kier molecular flexibility index (Phi) is 3.66. The summed E-state index contributed by atoms with van der Waals surface area (Å²) in [6.07, 6.45) is 0. The Labute approximate surface area is 114 Å². The van der Waals surface area contributed by atoms with E-state index in [1.807, 2.05) is 6.92 Å². The van der Waals surface area contributed by atoms with E-state index in [2.05, 4.69) is 5.32 Å². The van der Waals surface area contributed by atoms with E-state index in [0.29, 0.717) is 16.4 Å². The highest BCUT2D eigenvalue weighted by atomic mass is 35.5. The third kappa shape index (κ3) is 3.20. The first-order valence-corrected chi connectivity index (χ1v) is 5.81. The van der Waals surface area contributed by atoms with Gasteiger partial charge in [0, 0.05) is 22.5 Å². The van der Waals surface area contributed by atoms with Gasteiger partial charge in [0.1, 0.15) is 5.82 Å². The minimum Gasteiger partial charge on any atom is -0.355 e. The van der Waals surface area contributed by atoms with Gasteiger partial charge in [0.15, 0.2) is 0 Å². The third-order valence-corrected chi connectivity index (χ3v) is 2.80. The third-order valence-electron chi connectivity index (χ3n) is 2.56. The zero-order valence-corrected chi connectivity index (χ0v) is 10.7. The number of nitro benzene ring substituents is 1. The second-order valence-corrected chi connectivity index (χ2v) is 4.48. The highest BCUT2D eigenvalue weighted by molar-refractivity contribution is 6.30. The van der Waals surface area contributed by atoms with Crippen molar-refractivity contribution in [2.45, 2.75) is 6.92 Å². The molecule has 0 radical (unpaired) electrons. The summed E-state index contributed by atoms with van der Waals surface area (Å²) in [5.41, 5.74) is 1.59. The summed E-state index contributed by atoms with van der Waals surface area (Å²) < 4.78 is 13.3. The van der Waals surface area contributed by atoms with E-state index in [0.717, 1.165) is 11.6 Å². The Balaban J connectivity index is 2.35. The van der Waals surface area contributed by atoms with Crippen molar-refractivity contribution in [3.8, 4) is 0 Å². The molecule has 0 spiro atoms. The van der Waals surface area contributed by atoms with Gasteiger partial charge in [-0.25, -0.2) is 4.39 Å². The summed E-state index contributed by atoms with van der Waals surface area (Å²) in [6, 6.07) is 8.51. The molecule has 2 aromatic rings. The average Bonchev–Trinajstić information content (AvgIpc) is 2.32. The van der Waals surface area contributed by atoms with Crippen LogP contribution in [-0.4, -0.2) is 4.92 Å². The Morgan fingerprint density at radius 2 is 2.00 bits per heavy atom. The van der Waals surface area contributed by atoms with Crippen LogP contribution in [-0.2, 0) is 0 Å². The number of hydrogen-bond donors (Lipinski definition) is 1. The molecule has 98 valence electrons. The summed E-state index contributed by atoms with van der Waals surface area (Å²) in [7, 11) is 0. The summed E-state index contributed by atoms with van der Waals surface area (Å²) in [4.78, 5) is 10.0. The van der Waals surface area contributed by atoms with Crippen LogP contribution in [0.15, 0.2) is 36.4 Å². The van der Waals surface area contributed by atoms with Crippen LogP contribution in [0, 0.1) is 22.9 Å². The molecule has 0 aliphatic heterocycles. The summed E-state index contributed by atoms with van der Waals surface area (Å²) in [5, 5.41) is 14.2. The van der Waals surface area contributed by atoms with Gasteiger partial charge < -0.3 is 5.32 Å². The van der Waals surface area contributed by atoms with Crippen molar-refractivity contribution in [3.05, 3.63) is 62.9 Å². The Bertz CT molecular complexity index is 647. The quantitative estimate of drug-likeness (QED) is 0.668. The van der Waals surface area contributed by atoms with Gasteiger partial charge in [0.25, 0.3) is 5.69 Å². The fourth-order valence-electron chi connectivity index (χ4n) is 1.67. The van der Waals surface area contributed by atoms with Crippen LogP contribution in [0.2, 0.25) is 5.02 Å². The van der Waals surface area contributed by atoms with Gasteiger partial charge in [-0.1, -0.05) is 11.6 Å². The smallest absolute Gasteiger partial charge is 0.274 e. The molecule has 19 heavy (non-hydrogen) atoms. The number of nitrogens with one attached hydrogen (secondary N) is 1. The largest absolute Gasteiger partial charge is 0.355 e. The number of non-ortho nitro benzene ring substituents is 1. The van der Waals surface area contributed by atoms with Crippen molar-refractivity contribution in [2.24, 2.45) is 0 Å². The molecule has 2 aromatic carbocycles. The van der Waals surface area contributed by atoms with E-state index < -0.39 is 10.7 Å². The zero-order chi connectivity index (χ0) is 14.0. The molecular formula is C13H10ClFN2O2. The van der Waals surface area contributed by atoms with E-state index in [1.165, 1.54) is 12.1 Å². The molecule has 1 N–H and O–H groups in total. The normalized spacial score (nSPS) is 10.3. The van der Waals surface area contributed by atoms with Crippen LogP contribution in [0.1, 0.15) is 5.56 Å². The maximum atomic E-state index is 13.3. The van der Waals surface area contributed by atoms with Gasteiger partial charge in [-0.2, -0.15) is 0 Å². The molecule has 0 unspecified atom stereocenters. The van der Waals surface area contributed by atoms with Gasteiger partial charge in [-0.05, 0) is 36.8 Å². The molecule has 0 amide bonds. The molecule has 6 heteroatoms. The van der Waals surface area contributed by atoms with Gasteiger partial charge in [-0.15, -0.1) is 0 Å². The molecule has 0 saturated heterocycles. The van der Waals surface area contributed by atoms with E-state index in [-0.39, 0.29) is 5.69 Å². The Hall–Kier alpha value is -2.14. The minimum absolute atomic E-state index is 0.297. The summed E-state index contributed by atoms with van der Waals surface area (Å²) in [6.45, 7) is 1.84. The van der Waals surface area contributed by atoms with E-state index >= 15 is 0 Å². The first kappa shape index (κ1) is 13.3. The van der Waals surface area contributed by atoms with Crippen molar-refractivity contribution in [2.75, 3.05) is 5.32 Å². The van der Waals surface area contributed by atoms with Crippen molar-refractivity contribution in [1.29, 1.82) is 0 Å².